The van der Waals surface area contributed by atoms with Gasteiger partial charge in [0.15, 0.2) is 5.75 Å². The second-order valence-corrected chi connectivity index (χ2v) is 8.88. The Balaban J connectivity index is 1.58. The van der Waals surface area contributed by atoms with Crippen LogP contribution >= 0.6 is 0 Å². The predicted molar refractivity (Wildman–Crippen MR) is 128 cm³/mol. The molecule has 2 aromatic carbocycles. The lowest BCUT2D eigenvalue weighted by molar-refractivity contribution is -0.274. The average molecular weight is 535 g/mol. The minimum atomic E-state index is -5.07. The van der Waals surface area contributed by atoms with Crippen LogP contribution in [0.1, 0.15) is 23.2 Å². The summed E-state index contributed by atoms with van der Waals surface area (Å²) in [5, 5.41) is 3.07. The summed E-state index contributed by atoms with van der Waals surface area (Å²) in [5.74, 6) is 2.24. The first-order valence-corrected chi connectivity index (χ1v) is 11.2. The van der Waals surface area contributed by atoms with Crippen LogP contribution in [-0.2, 0) is 4.79 Å². The first-order valence-electron chi connectivity index (χ1n) is 11.2. The summed E-state index contributed by atoms with van der Waals surface area (Å²) in [6, 6.07) is 8.74. The number of likely N-dealkylation sites (N-methyl/N-ethyl adjacent to an activating group) is 1. The van der Waals surface area contributed by atoms with E-state index < -0.39 is 46.8 Å². The third-order valence-electron chi connectivity index (χ3n) is 6.08. The zero-order valence-electron chi connectivity index (χ0n) is 20.1. The van der Waals surface area contributed by atoms with Gasteiger partial charge in [-0.2, -0.15) is 0 Å². The highest BCUT2D eigenvalue weighted by Crippen LogP contribution is 2.43. The number of halogens is 5. The number of carbonyl (C=O) groups excluding carboxylic acids is 2. The van der Waals surface area contributed by atoms with Gasteiger partial charge in [-0.3, -0.25) is 19.5 Å². The van der Waals surface area contributed by atoms with E-state index >= 15 is 0 Å². The minimum Gasteiger partial charge on any atom is -0.403 e. The maximum absolute atomic E-state index is 13.5. The number of nitrogens with two attached hydrogens (primary N) is 1. The van der Waals surface area contributed by atoms with Crippen molar-refractivity contribution in [2.45, 2.75) is 24.7 Å². The molecule has 0 unspecified atom stereocenters. The predicted octanol–water partition coefficient (Wildman–Crippen LogP) is 4.48. The summed E-state index contributed by atoms with van der Waals surface area (Å²) in [6.45, 7) is 0. The lowest BCUT2D eigenvalue weighted by atomic mass is 10.1. The number of nitrogens with zero attached hydrogens (tertiary/aromatic N) is 3. The molecule has 3 aromatic rings. The Kier molecular flexibility index (Phi) is 7.08. The van der Waals surface area contributed by atoms with Crippen molar-refractivity contribution in [3.63, 3.8) is 0 Å². The monoisotopic (exact) mass is 535 g/mol. The van der Waals surface area contributed by atoms with Crippen molar-refractivity contribution in [1.29, 1.82) is 0 Å². The van der Waals surface area contributed by atoms with E-state index in [9.17, 15) is 31.5 Å². The summed E-state index contributed by atoms with van der Waals surface area (Å²) in [5.41, 5.74) is -0.911. The normalized spacial score (nSPS) is 14.2. The van der Waals surface area contributed by atoms with Gasteiger partial charge in [-0.05, 0) is 69.4 Å². The van der Waals surface area contributed by atoms with Crippen LogP contribution in [0.3, 0.4) is 0 Å². The van der Waals surface area contributed by atoms with Crippen molar-refractivity contribution >= 4 is 23.2 Å². The molecule has 1 aromatic heterocycles. The van der Waals surface area contributed by atoms with Crippen LogP contribution in [0, 0.1) is 11.6 Å². The van der Waals surface area contributed by atoms with E-state index in [0.29, 0.717) is 17.9 Å². The van der Waals surface area contributed by atoms with Gasteiger partial charge in [0.1, 0.15) is 22.9 Å². The van der Waals surface area contributed by atoms with Crippen LogP contribution in [0.4, 0.5) is 33.3 Å². The standard InChI is InChI=1S/C25H22F5N5O3/c1-34(2)24(7-8-24)23(37)35(31)20-11-14(3-6-21(20)38-25(28,29)30)22(36)33-18-4-5-19(32-13-18)15-9-16(26)12-17(27)10-15/h3-6,9-13H,7-8,31H2,1-2H3,(H,33,36). The second-order valence-electron chi connectivity index (χ2n) is 8.88. The number of carbonyl (C=O) groups is 2. The maximum Gasteiger partial charge on any atom is 0.573 e. The zero-order chi connectivity index (χ0) is 27.8. The average Bonchev–Trinajstić information content (AvgIpc) is 3.64. The Bertz CT molecular complexity index is 1350. The number of nitrogens with one attached hydrogen (secondary N) is 1. The molecule has 38 heavy (non-hydrogen) atoms. The minimum absolute atomic E-state index is 0.122. The molecular formula is C25H22F5N5O3. The number of amides is 2. The van der Waals surface area contributed by atoms with E-state index in [0.717, 1.165) is 36.4 Å². The lowest BCUT2D eigenvalue weighted by Gasteiger charge is -2.29. The van der Waals surface area contributed by atoms with E-state index in [2.05, 4.69) is 15.0 Å². The van der Waals surface area contributed by atoms with Gasteiger partial charge in [-0.1, -0.05) is 0 Å². The fourth-order valence-electron chi connectivity index (χ4n) is 3.91. The number of aromatic nitrogens is 1. The molecule has 4 rings (SSSR count). The van der Waals surface area contributed by atoms with E-state index in [-0.39, 0.29) is 22.5 Å². The summed E-state index contributed by atoms with van der Waals surface area (Å²) >= 11 is 0. The van der Waals surface area contributed by atoms with Crippen molar-refractivity contribution < 1.29 is 36.3 Å². The second kappa shape index (κ2) is 9.99. The molecule has 1 aliphatic carbocycles. The highest BCUT2D eigenvalue weighted by molar-refractivity contribution is 6.07. The molecule has 1 fully saturated rings. The van der Waals surface area contributed by atoms with Gasteiger partial charge in [0, 0.05) is 17.2 Å². The van der Waals surface area contributed by atoms with Crippen LogP contribution in [0.5, 0.6) is 5.75 Å². The van der Waals surface area contributed by atoms with Crippen LogP contribution in [0.25, 0.3) is 11.3 Å². The van der Waals surface area contributed by atoms with Gasteiger partial charge in [0.05, 0.1) is 17.6 Å². The number of hydrogen-bond donors (Lipinski definition) is 2. The lowest BCUT2D eigenvalue weighted by Crippen LogP contribution is -2.51. The van der Waals surface area contributed by atoms with Gasteiger partial charge in [-0.25, -0.2) is 19.6 Å². The van der Waals surface area contributed by atoms with Crippen molar-refractivity contribution in [2.75, 3.05) is 24.4 Å². The molecule has 1 heterocycles. The summed E-state index contributed by atoms with van der Waals surface area (Å²) in [4.78, 5) is 31.6. The molecule has 3 N–H and O–H groups in total. The number of hydrogen-bond acceptors (Lipinski definition) is 6. The third-order valence-corrected chi connectivity index (χ3v) is 6.08. The smallest absolute Gasteiger partial charge is 0.403 e. The van der Waals surface area contributed by atoms with Gasteiger partial charge in [0.2, 0.25) is 0 Å². The number of alkyl halides is 3. The largest absolute Gasteiger partial charge is 0.573 e. The molecule has 8 nitrogen and oxygen atoms in total. The molecule has 0 radical (unpaired) electrons. The van der Waals surface area contributed by atoms with Crippen LogP contribution in [0.15, 0.2) is 54.7 Å². The molecule has 0 aliphatic heterocycles. The van der Waals surface area contributed by atoms with Crippen molar-refractivity contribution in [3.05, 3.63) is 71.9 Å². The van der Waals surface area contributed by atoms with Gasteiger partial charge < -0.3 is 10.1 Å². The molecule has 0 saturated heterocycles. The van der Waals surface area contributed by atoms with E-state index in [1.165, 1.54) is 18.3 Å². The van der Waals surface area contributed by atoms with Gasteiger partial charge in [0.25, 0.3) is 11.8 Å². The Morgan fingerprint density at radius 2 is 1.68 bits per heavy atom. The van der Waals surface area contributed by atoms with Crippen molar-refractivity contribution in [1.82, 2.24) is 9.88 Å². The highest BCUT2D eigenvalue weighted by Gasteiger charge is 2.54. The summed E-state index contributed by atoms with van der Waals surface area (Å²) in [7, 11) is 3.31. The molecule has 0 bridgehead atoms. The van der Waals surface area contributed by atoms with Gasteiger partial charge in [-0.15, -0.1) is 13.2 Å². The fourth-order valence-corrected chi connectivity index (χ4v) is 3.91. The number of benzene rings is 2. The Morgan fingerprint density at radius 3 is 2.21 bits per heavy atom. The maximum atomic E-state index is 13.5. The quantitative estimate of drug-likeness (QED) is 0.200. The molecular weight excluding hydrogens is 513 g/mol. The first kappa shape index (κ1) is 26.9. The van der Waals surface area contributed by atoms with E-state index in [1.807, 2.05) is 0 Å². The zero-order valence-corrected chi connectivity index (χ0v) is 20.1. The molecule has 0 spiro atoms. The molecule has 1 aliphatic rings. The number of rotatable bonds is 7. The Labute approximate surface area is 213 Å². The SMILES string of the molecule is CN(C)C1(C(=O)N(N)c2cc(C(=O)Nc3ccc(-c4cc(F)cc(F)c4)nc3)ccc2OC(F)(F)F)CC1. The summed E-state index contributed by atoms with van der Waals surface area (Å²) < 4.78 is 70.0. The van der Waals surface area contributed by atoms with E-state index in [4.69, 9.17) is 5.84 Å². The highest BCUT2D eigenvalue weighted by atomic mass is 19.4. The van der Waals surface area contributed by atoms with Crippen LogP contribution < -0.4 is 20.9 Å². The number of ether oxygens (including phenoxy) is 1. The number of hydrazine groups is 1. The molecule has 200 valence electrons. The number of pyridine rings is 1. The van der Waals surface area contributed by atoms with Crippen molar-refractivity contribution in [3.8, 4) is 17.0 Å². The topological polar surface area (TPSA) is 101 Å². The molecule has 0 atom stereocenters. The first-order chi connectivity index (χ1) is 17.8. The molecule has 2 amide bonds. The summed E-state index contributed by atoms with van der Waals surface area (Å²) in [6.07, 6.45) is -2.90. The molecule has 13 heteroatoms. The Hall–Kier alpha value is -4.10. The number of anilines is 2. The Morgan fingerprint density at radius 1 is 1.03 bits per heavy atom. The van der Waals surface area contributed by atoms with Gasteiger partial charge >= 0.3 is 6.36 Å². The molecule has 1 saturated carbocycles. The van der Waals surface area contributed by atoms with Crippen molar-refractivity contribution in [2.24, 2.45) is 5.84 Å². The third kappa shape index (κ3) is 5.73. The van der Waals surface area contributed by atoms with Crippen LogP contribution in [0.2, 0.25) is 0 Å². The van der Waals surface area contributed by atoms with E-state index in [1.54, 1.807) is 19.0 Å². The van der Waals surface area contributed by atoms with Crippen LogP contribution in [-0.4, -0.2) is 47.7 Å². The fraction of sp³-hybridized carbons (Fsp3) is 0.240.